The highest BCUT2D eigenvalue weighted by atomic mass is 16.1. The van der Waals surface area contributed by atoms with Crippen molar-refractivity contribution < 1.29 is 4.79 Å². The fraction of sp³-hybridized carbons (Fsp3) is 0.500. The van der Waals surface area contributed by atoms with Crippen molar-refractivity contribution >= 4 is 5.91 Å². The summed E-state index contributed by atoms with van der Waals surface area (Å²) >= 11 is 0. The van der Waals surface area contributed by atoms with E-state index in [1.165, 1.54) is 19.3 Å². The maximum atomic E-state index is 12.2. The Balaban J connectivity index is 1.88. The Bertz CT molecular complexity index is 527. The molecule has 112 valence electrons. The van der Waals surface area contributed by atoms with Crippen molar-refractivity contribution in [2.45, 2.75) is 19.3 Å². The first kappa shape index (κ1) is 15.5. The molecule has 1 aromatic rings. The third kappa shape index (κ3) is 4.85. The second-order valence-corrected chi connectivity index (χ2v) is 5.09. The molecule has 1 aliphatic rings. The number of piperidine rings is 1. The average molecular weight is 286 g/mol. The Labute approximate surface area is 125 Å². The smallest absolute Gasteiger partial charge is 0.252 e. The molecule has 0 spiro atoms. The third-order valence-electron chi connectivity index (χ3n) is 3.55. The lowest BCUT2D eigenvalue weighted by Crippen LogP contribution is -2.37. The second kappa shape index (κ2) is 8.40. The zero-order chi connectivity index (χ0) is 14.9. The first-order chi connectivity index (χ1) is 10.3. The Hall–Kier alpha value is -1.90. The molecule has 1 saturated heterocycles. The van der Waals surface area contributed by atoms with Crippen LogP contribution < -0.4 is 11.1 Å². The number of hydrogen-bond acceptors (Lipinski definition) is 4. The summed E-state index contributed by atoms with van der Waals surface area (Å²) in [4.78, 5) is 18.6. The Kier molecular flexibility index (Phi) is 6.20. The zero-order valence-corrected chi connectivity index (χ0v) is 12.3. The van der Waals surface area contributed by atoms with Crippen LogP contribution in [-0.2, 0) is 0 Å². The van der Waals surface area contributed by atoms with Crippen LogP contribution in [0.1, 0.15) is 35.2 Å². The monoisotopic (exact) mass is 286 g/mol. The minimum absolute atomic E-state index is 0.101. The highest BCUT2D eigenvalue weighted by Crippen LogP contribution is 2.08. The van der Waals surface area contributed by atoms with Crippen molar-refractivity contribution in [1.82, 2.24) is 15.2 Å². The van der Waals surface area contributed by atoms with Crippen LogP contribution in [0.4, 0.5) is 0 Å². The molecule has 0 saturated carbocycles. The van der Waals surface area contributed by atoms with E-state index in [4.69, 9.17) is 5.73 Å². The molecule has 0 aromatic carbocycles. The molecule has 3 N–H and O–H groups in total. The van der Waals surface area contributed by atoms with E-state index in [-0.39, 0.29) is 12.5 Å². The summed E-state index contributed by atoms with van der Waals surface area (Å²) in [5.74, 6) is 5.54. The lowest BCUT2D eigenvalue weighted by molar-refractivity contribution is 0.0946. The molecule has 0 atom stereocenters. The van der Waals surface area contributed by atoms with Gasteiger partial charge in [0, 0.05) is 25.5 Å². The molecule has 5 heteroatoms. The summed E-state index contributed by atoms with van der Waals surface area (Å²) in [5.41, 5.74) is 6.55. The standard InChI is InChI=1S/C16H22N4O/c17-7-4-5-14-13-18-8-6-15(14)16(21)19-9-12-20-10-2-1-3-11-20/h6,8,13H,1-3,7,9-12,17H2,(H,19,21). The molecule has 0 bridgehead atoms. The summed E-state index contributed by atoms with van der Waals surface area (Å²) in [6, 6.07) is 1.69. The predicted octanol–water partition coefficient (Wildman–Crippen LogP) is 0.607. The summed E-state index contributed by atoms with van der Waals surface area (Å²) in [6.07, 6.45) is 7.05. The fourth-order valence-electron chi connectivity index (χ4n) is 2.44. The van der Waals surface area contributed by atoms with Gasteiger partial charge < -0.3 is 16.0 Å². The molecule has 0 aliphatic carbocycles. The lowest BCUT2D eigenvalue weighted by Gasteiger charge is -2.26. The van der Waals surface area contributed by atoms with E-state index < -0.39 is 0 Å². The van der Waals surface area contributed by atoms with E-state index >= 15 is 0 Å². The van der Waals surface area contributed by atoms with Crippen LogP contribution in [0, 0.1) is 11.8 Å². The highest BCUT2D eigenvalue weighted by molar-refractivity contribution is 5.96. The van der Waals surface area contributed by atoms with Gasteiger partial charge in [-0.15, -0.1) is 0 Å². The van der Waals surface area contributed by atoms with Gasteiger partial charge in [0.05, 0.1) is 17.7 Å². The first-order valence-corrected chi connectivity index (χ1v) is 7.45. The average Bonchev–Trinajstić information content (AvgIpc) is 2.54. The first-order valence-electron chi connectivity index (χ1n) is 7.45. The maximum Gasteiger partial charge on any atom is 0.252 e. The van der Waals surface area contributed by atoms with Crippen LogP contribution in [0.15, 0.2) is 18.5 Å². The molecule has 1 amide bonds. The van der Waals surface area contributed by atoms with Crippen molar-refractivity contribution in [3.8, 4) is 11.8 Å². The van der Waals surface area contributed by atoms with Gasteiger partial charge in [0.2, 0.25) is 0 Å². The van der Waals surface area contributed by atoms with Gasteiger partial charge in [0.15, 0.2) is 0 Å². The molecule has 2 rings (SSSR count). The van der Waals surface area contributed by atoms with Crippen molar-refractivity contribution in [2.24, 2.45) is 5.73 Å². The Morgan fingerprint density at radius 2 is 2.19 bits per heavy atom. The number of rotatable bonds is 4. The van der Waals surface area contributed by atoms with Crippen LogP contribution in [0.5, 0.6) is 0 Å². The van der Waals surface area contributed by atoms with Gasteiger partial charge in [-0.2, -0.15) is 0 Å². The molecule has 0 unspecified atom stereocenters. The second-order valence-electron chi connectivity index (χ2n) is 5.09. The molecule has 5 nitrogen and oxygen atoms in total. The van der Waals surface area contributed by atoms with Crippen LogP contribution >= 0.6 is 0 Å². The molecule has 1 fully saturated rings. The predicted molar refractivity (Wildman–Crippen MR) is 82.8 cm³/mol. The van der Waals surface area contributed by atoms with E-state index in [0.29, 0.717) is 17.7 Å². The molecule has 1 aromatic heterocycles. The number of likely N-dealkylation sites (tertiary alicyclic amines) is 1. The minimum Gasteiger partial charge on any atom is -0.351 e. The number of aromatic nitrogens is 1. The molecule has 21 heavy (non-hydrogen) atoms. The van der Waals surface area contributed by atoms with E-state index in [0.717, 1.165) is 19.6 Å². The van der Waals surface area contributed by atoms with Crippen molar-refractivity contribution in [2.75, 3.05) is 32.7 Å². The van der Waals surface area contributed by atoms with Gasteiger partial charge in [0.25, 0.3) is 5.91 Å². The van der Waals surface area contributed by atoms with Crippen molar-refractivity contribution in [3.05, 3.63) is 29.6 Å². The van der Waals surface area contributed by atoms with Gasteiger partial charge in [-0.1, -0.05) is 18.3 Å². The highest BCUT2D eigenvalue weighted by Gasteiger charge is 2.12. The topological polar surface area (TPSA) is 71.2 Å². The number of nitrogens with zero attached hydrogens (tertiary/aromatic N) is 2. The Morgan fingerprint density at radius 1 is 1.38 bits per heavy atom. The van der Waals surface area contributed by atoms with Crippen LogP contribution in [0.2, 0.25) is 0 Å². The summed E-state index contributed by atoms with van der Waals surface area (Å²) in [6.45, 7) is 4.10. The third-order valence-corrected chi connectivity index (χ3v) is 3.55. The van der Waals surface area contributed by atoms with Gasteiger partial charge in [-0.3, -0.25) is 9.78 Å². The van der Waals surface area contributed by atoms with Crippen LogP contribution in [-0.4, -0.2) is 48.5 Å². The lowest BCUT2D eigenvalue weighted by atomic mass is 10.1. The number of nitrogens with one attached hydrogen (secondary N) is 1. The van der Waals surface area contributed by atoms with Crippen molar-refractivity contribution in [1.29, 1.82) is 0 Å². The summed E-state index contributed by atoms with van der Waals surface area (Å²) < 4.78 is 0. The van der Waals surface area contributed by atoms with Crippen molar-refractivity contribution in [3.63, 3.8) is 0 Å². The Morgan fingerprint density at radius 3 is 2.95 bits per heavy atom. The number of amides is 1. The van der Waals surface area contributed by atoms with Gasteiger partial charge in [0.1, 0.15) is 0 Å². The normalized spacial score (nSPS) is 15.1. The molecule has 0 radical (unpaired) electrons. The van der Waals surface area contributed by atoms with E-state index in [1.54, 1.807) is 18.5 Å². The van der Waals surface area contributed by atoms with E-state index in [1.807, 2.05) is 0 Å². The zero-order valence-electron chi connectivity index (χ0n) is 12.3. The van der Waals surface area contributed by atoms with E-state index in [9.17, 15) is 4.79 Å². The van der Waals surface area contributed by atoms with Gasteiger partial charge in [-0.05, 0) is 32.0 Å². The number of nitrogens with two attached hydrogens (primary N) is 1. The summed E-state index contributed by atoms with van der Waals surface area (Å²) in [7, 11) is 0. The van der Waals surface area contributed by atoms with E-state index in [2.05, 4.69) is 27.0 Å². The largest absolute Gasteiger partial charge is 0.351 e. The minimum atomic E-state index is -0.101. The maximum absolute atomic E-state index is 12.2. The number of carbonyl (C=O) groups excluding carboxylic acids is 1. The van der Waals surface area contributed by atoms with Gasteiger partial charge in [-0.25, -0.2) is 0 Å². The molecule has 2 heterocycles. The SMILES string of the molecule is NCC#Cc1cnccc1C(=O)NCCN1CCCCC1. The van der Waals surface area contributed by atoms with Crippen LogP contribution in [0.3, 0.4) is 0 Å². The number of carbonyl (C=O) groups is 1. The fourth-order valence-corrected chi connectivity index (χ4v) is 2.44. The number of pyridine rings is 1. The quantitative estimate of drug-likeness (QED) is 0.796. The molecular weight excluding hydrogens is 264 g/mol. The molecular formula is C16H22N4O. The van der Waals surface area contributed by atoms with Crippen LogP contribution in [0.25, 0.3) is 0 Å². The summed E-state index contributed by atoms with van der Waals surface area (Å²) in [5, 5.41) is 2.96. The molecule has 1 aliphatic heterocycles. The number of hydrogen-bond donors (Lipinski definition) is 2. The van der Waals surface area contributed by atoms with Gasteiger partial charge >= 0.3 is 0 Å².